The molecule has 14 heteroatoms. The zero-order chi connectivity index (χ0) is 27.4. The summed E-state index contributed by atoms with van der Waals surface area (Å²) in [5.41, 5.74) is 0.119. The van der Waals surface area contributed by atoms with Crippen LogP contribution >= 0.6 is 22.7 Å². The normalized spacial score (nSPS) is 11.9. The second-order valence-electron chi connectivity index (χ2n) is 7.07. The van der Waals surface area contributed by atoms with E-state index in [-0.39, 0.29) is 53.2 Å². The van der Waals surface area contributed by atoms with E-state index in [0.717, 1.165) is 22.7 Å². The van der Waals surface area contributed by atoms with Crippen LogP contribution in [-0.2, 0) is 36.7 Å². The van der Waals surface area contributed by atoms with Crippen LogP contribution in [0.1, 0.15) is 37.4 Å². The minimum absolute atomic E-state index is 0.00352. The number of hydrogen-bond donors (Lipinski definition) is 1. The lowest BCUT2D eigenvalue weighted by Crippen LogP contribution is -2.26. The number of rotatable bonds is 11. The van der Waals surface area contributed by atoms with E-state index in [0.29, 0.717) is 9.75 Å². The highest BCUT2D eigenvalue weighted by atomic mass is 32.1. The molecule has 0 spiro atoms. The van der Waals surface area contributed by atoms with Gasteiger partial charge in [0.1, 0.15) is 11.7 Å². The van der Waals surface area contributed by atoms with Crippen LogP contribution in [0.4, 0.5) is 10.0 Å². The van der Waals surface area contributed by atoms with Crippen molar-refractivity contribution in [3.05, 3.63) is 65.6 Å². The number of esters is 2. The van der Waals surface area contributed by atoms with Gasteiger partial charge in [-0.25, -0.2) is 4.79 Å². The number of nitro groups is 2. The molecule has 0 aromatic carbocycles. The summed E-state index contributed by atoms with van der Waals surface area (Å²) >= 11 is 1.93. The lowest BCUT2D eigenvalue weighted by Gasteiger charge is -2.10. The molecule has 0 fully saturated rings. The molecule has 1 N–H and O–H groups in total. The Hall–Kier alpha value is -3.65. The van der Waals surface area contributed by atoms with Crippen molar-refractivity contribution in [2.75, 3.05) is 13.2 Å². The third kappa shape index (κ3) is 9.54. The third-order valence-corrected chi connectivity index (χ3v) is 6.53. The fourth-order valence-corrected chi connectivity index (χ4v) is 4.41. The average molecular weight is 543 g/mol. The largest absolute Gasteiger partial charge is 0.512 e. The quantitative estimate of drug-likeness (QED) is 0.106. The van der Waals surface area contributed by atoms with Crippen molar-refractivity contribution < 1.29 is 38.8 Å². The molecule has 2 aromatic heterocycles. The fraction of sp³-hybridized carbons (Fsp3) is 0.409. The number of aliphatic hydroxyl groups excluding tert-OH is 1. The second-order valence-corrected chi connectivity index (χ2v) is 9.37. The SMILES string of the molecule is CCOC(=O)/C(Cc1ccc([N+](=O)[O-])s1)=C(\C)O.CCOC(=O)C(Cc1ccc([N+](=O)[O-])s1)C(C)=O. The molecule has 0 saturated carbocycles. The van der Waals surface area contributed by atoms with Crippen molar-refractivity contribution in [1.82, 2.24) is 0 Å². The summed E-state index contributed by atoms with van der Waals surface area (Å²) in [4.78, 5) is 55.8. The molecule has 0 radical (unpaired) electrons. The topological polar surface area (TPSA) is 176 Å². The molecule has 12 nitrogen and oxygen atoms in total. The van der Waals surface area contributed by atoms with Gasteiger partial charge in [-0.15, -0.1) is 0 Å². The van der Waals surface area contributed by atoms with Crippen LogP contribution < -0.4 is 0 Å². The second kappa shape index (κ2) is 14.7. The highest BCUT2D eigenvalue weighted by Gasteiger charge is 2.26. The van der Waals surface area contributed by atoms with Crippen molar-refractivity contribution in [3.63, 3.8) is 0 Å². The van der Waals surface area contributed by atoms with E-state index in [1.54, 1.807) is 26.0 Å². The summed E-state index contributed by atoms with van der Waals surface area (Å²) in [5.74, 6) is -2.51. The number of Topliss-reactive ketones (excluding diaryl/α,β-unsaturated/α-hetero) is 1. The molecule has 196 valence electrons. The minimum atomic E-state index is -0.886. The molecule has 2 rings (SSSR count). The highest BCUT2D eigenvalue weighted by molar-refractivity contribution is 7.15. The molecule has 0 saturated heterocycles. The Morgan fingerprint density at radius 1 is 0.917 bits per heavy atom. The van der Waals surface area contributed by atoms with E-state index in [4.69, 9.17) is 9.47 Å². The van der Waals surface area contributed by atoms with Crippen molar-refractivity contribution in [3.8, 4) is 0 Å². The maximum absolute atomic E-state index is 11.6. The van der Waals surface area contributed by atoms with Gasteiger partial charge >= 0.3 is 21.9 Å². The minimum Gasteiger partial charge on any atom is -0.512 e. The number of allylic oxidation sites excluding steroid dienone is 1. The van der Waals surface area contributed by atoms with Crippen molar-refractivity contribution in [1.29, 1.82) is 0 Å². The average Bonchev–Trinajstić information content (AvgIpc) is 3.46. The monoisotopic (exact) mass is 542 g/mol. The van der Waals surface area contributed by atoms with Gasteiger partial charge in [0, 0.05) is 34.7 Å². The Balaban J connectivity index is 0.000000360. The predicted octanol–water partition coefficient (Wildman–Crippen LogP) is 4.56. The smallest absolute Gasteiger partial charge is 0.337 e. The van der Waals surface area contributed by atoms with Gasteiger partial charge in [-0.05, 0) is 39.8 Å². The number of carbonyl (C=O) groups is 3. The summed E-state index contributed by atoms with van der Waals surface area (Å²) in [6.45, 7) is 6.43. The molecular formula is C22H26N2O10S2. The van der Waals surface area contributed by atoms with Crippen LogP contribution in [0.2, 0.25) is 0 Å². The van der Waals surface area contributed by atoms with Crippen LogP contribution in [0.25, 0.3) is 0 Å². The Morgan fingerprint density at radius 2 is 1.42 bits per heavy atom. The van der Waals surface area contributed by atoms with Crippen LogP contribution in [-0.4, -0.2) is 45.9 Å². The number of aliphatic hydroxyl groups is 1. The first-order chi connectivity index (χ1) is 16.9. The van der Waals surface area contributed by atoms with E-state index in [1.807, 2.05) is 0 Å². The van der Waals surface area contributed by atoms with E-state index >= 15 is 0 Å². The molecule has 36 heavy (non-hydrogen) atoms. The van der Waals surface area contributed by atoms with E-state index in [2.05, 4.69) is 0 Å². The summed E-state index contributed by atoms with van der Waals surface area (Å²) in [6, 6.07) is 5.85. The molecule has 0 bridgehead atoms. The van der Waals surface area contributed by atoms with Gasteiger partial charge in [0.05, 0.1) is 34.4 Å². The highest BCUT2D eigenvalue weighted by Crippen LogP contribution is 2.27. The Morgan fingerprint density at radius 3 is 1.83 bits per heavy atom. The predicted molar refractivity (Wildman–Crippen MR) is 132 cm³/mol. The van der Waals surface area contributed by atoms with Crippen molar-refractivity contribution in [2.24, 2.45) is 5.92 Å². The Bertz CT molecular complexity index is 1130. The van der Waals surface area contributed by atoms with Gasteiger partial charge in [-0.1, -0.05) is 22.7 Å². The van der Waals surface area contributed by atoms with Crippen LogP contribution in [0, 0.1) is 26.1 Å². The van der Waals surface area contributed by atoms with Gasteiger partial charge in [0.15, 0.2) is 0 Å². The van der Waals surface area contributed by atoms with Gasteiger partial charge in [-0.2, -0.15) is 0 Å². The van der Waals surface area contributed by atoms with E-state index in [1.165, 1.54) is 26.0 Å². The van der Waals surface area contributed by atoms with Crippen LogP contribution in [0.15, 0.2) is 35.6 Å². The van der Waals surface area contributed by atoms with Gasteiger partial charge in [-0.3, -0.25) is 29.8 Å². The maximum Gasteiger partial charge on any atom is 0.337 e. The number of hydrogen-bond acceptors (Lipinski definition) is 12. The summed E-state index contributed by atoms with van der Waals surface area (Å²) in [5, 5.41) is 30.5. The molecule has 0 aliphatic heterocycles. The third-order valence-electron chi connectivity index (χ3n) is 4.43. The molecular weight excluding hydrogens is 516 g/mol. The van der Waals surface area contributed by atoms with E-state index in [9.17, 15) is 39.7 Å². The number of thiophene rings is 2. The summed E-state index contributed by atoms with van der Waals surface area (Å²) < 4.78 is 9.61. The number of carbonyl (C=O) groups excluding carboxylic acids is 3. The zero-order valence-electron chi connectivity index (χ0n) is 20.0. The van der Waals surface area contributed by atoms with Crippen molar-refractivity contribution >= 4 is 50.4 Å². The summed E-state index contributed by atoms with van der Waals surface area (Å²) in [6.07, 6.45) is 0.270. The van der Waals surface area contributed by atoms with Crippen LogP contribution in [0.3, 0.4) is 0 Å². The first-order valence-corrected chi connectivity index (χ1v) is 12.2. The van der Waals surface area contributed by atoms with Gasteiger partial charge in [0.2, 0.25) is 0 Å². The molecule has 1 unspecified atom stereocenters. The molecule has 0 amide bonds. The number of ketones is 1. The van der Waals surface area contributed by atoms with Crippen molar-refractivity contribution in [2.45, 2.75) is 40.5 Å². The molecule has 0 aliphatic rings. The fourth-order valence-electron chi connectivity index (χ4n) is 2.71. The summed E-state index contributed by atoms with van der Waals surface area (Å²) in [7, 11) is 0. The number of nitrogens with zero attached hydrogens (tertiary/aromatic N) is 2. The lowest BCUT2D eigenvalue weighted by atomic mass is 10.0. The lowest BCUT2D eigenvalue weighted by molar-refractivity contribution is -0.380. The van der Waals surface area contributed by atoms with Gasteiger partial charge in [0.25, 0.3) is 0 Å². The van der Waals surface area contributed by atoms with Crippen LogP contribution in [0.5, 0.6) is 0 Å². The number of ether oxygens (including phenoxy) is 2. The Kier molecular flexibility index (Phi) is 12.4. The molecule has 1 atom stereocenters. The van der Waals surface area contributed by atoms with E-state index < -0.39 is 27.7 Å². The van der Waals surface area contributed by atoms with Gasteiger partial charge < -0.3 is 14.6 Å². The first kappa shape index (κ1) is 30.4. The molecule has 0 aliphatic carbocycles. The zero-order valence-corrected chi connectivity index (χ0v) is 21.7. The Labute approximate surface area is 214 Å². The molecule has 2 heterocycles. The standard InChI is InChI=1S/2C11H13NO5S/c2*1-3-17-11(14)9(7(2)13)6-8-4-5-10(18-8)12(15)16/h4-5,13H,3,6H2,1-2H3;4-5,9H,3,6H2,1-2H3/b9-7+;. The molecule has 2 aromatic rings. The maximum atomic E-state index is 11.6. The first-order valence-electron chi connectivity index (χ1n) is 10.6.